The van der Waals surface area contributed by atoms with Crippen molar-refractivity contribution >= 4 is 60.9 Å². The third kappa shape index (κ3) is 2.90. The van der Waals surface area contributed by atoms with Gasteiger partial charge in [0.25, 0.3) is 0 Å². The molecule has 0 saturated heterocycles. The second kappa shape index (κ2) is 4.65. The highest BCUT2D eigenvalue weighted by Crippen LogP contribution is 2.32. The third-order valence-corrected chi connectivity index (χ3v) is 4.44. The van der Waals surface area contributed by atoms with Gasteiger partial charge >= 0.3 is 0 Å². The van der Waals surface area contributed by atoms with Crippen molar-refractivity contribution in [3.63, 3.8) is 0 Å². The van der Waals surface area contributed by atoms with Gasteiger partial charge in [-0.15, -0.1) is 22.9 Å². The topological polar surface area (TPSA) is 0 Å². The molecule has 0 saturated carbocycles. The SMILES string of the molecule is ClCC=Cc1cc(Br)c(Br)s1. The molecule has 0 fully saturated rings. The standard InChI is InChI=1S/C7H5Br2ClS/c8-6-4-5(2-1-3-10)11-7(6)9/h1-2,4H,3H2. The average Bonchev–Trinajstić information content (AvgIpc) is 2.28. The van der Waals surface area contributed by atoms with Gasteiger partial charge < -0.3 is 0 Å². The highest BCUT2D eigenvalue weighted by atomic mass is 79.9. The van der Waals surface area contributed by atoms with E-state index in [1.165, 1.54) is 4.88 Å². The minimum absolute atomic E-state index is 0.563. The van der Waals surface area contributed by atoms with Crippen LogP contribution in [-0.2, 0) is 0 Å². The van der Waals surface area contributed by atoms with Gasteiger partial charge in [-0.05, 0) is 44.0 Å². The van der Waals surface area contributed by atoms with Crippen molar-refractivity contribution in [1.29, 1.82) is 0 Å². The lowest BCUT2D eigenvalue weighted by Crippen LogP contribution is -1.59. The van der Waals surface area contributed by atoms with E-state index >= 15 is 0 Å². The summed E-state index contributed by atoms with van der Waals surface area (Å²) in [6.07, 6.45) is 3.93. The quantitative estimate of drug-likeness (QED) is 0.704. The van der Waals surface area contributed by atoms with E-state index in [2.05, 4.69) is 37.9 Å². The summed E-state index contributed by atoms with van der Waals surface area (Å²) >= 11 is 14.0. The van der Waals surface area contributed by atoms with Crippen LogP contribution in [0.15, 0.2) is 20.4 Å². The van der Waals surface area contributed by atoms with Crippen molar-refractivity contribution in [2.45, 2.75) is 0 Å². The first-order chi connectivity index (χ1) is 5.24. The molecule has 1 rings (SSSR count). The van der Waals surface area contributed by atoms with Crippen LogP contribution in [0, 0.1) is 0 Å². The summed E-state index contributed by atoms with van der Waals surface area (Å²) in [7, 11) is 0. The molecule has 0 aliphatic rings. The van der Waals surface area contributed by atoms with E-state index in [0.29, 0.717) is 5.88 Å². The van der Waals surface area contributed by atoms with Gasteiger partial charge in [0, 0.05) is 15.2 Å². The summed E-state index contributed by atoms with van der Waals surface area (Å²) in [5, 5.41) is 0. The fourth-order valence-corrected chi connectivity index (χ4v) is 2.72. The molecular formula is C7H5Br2ClS. The van der Waals surface area contributed by atoms with Crippen molar-refractivity contribution in [2.75, 3.05) is 5.88 Å². The van der Waals surface area contributed by atoms with Crippen LogP contribution in [0.5, 0.6) is 0 Å². The molecule has 0 aliphatic heterocycles. The zero-order valence-electron chi connectivity index (χ0n) is 5.48. The van der Waals surface area contributed by atoms with Gasteiger partial charge in [0.05, 0.1) is 3.79 Å². The molecule has 1 heterocycles. The molecule has 0 spiro atoms. The van der Waals surface area contributed by atoms with Crippen LogP contribution in [0.1, 0.15) is 4.88 Å². The molecule has 0 atom stereocenters. The number of hydrogen-bond acceptors (Lipinski definition) is 1. The third-order valence-electron chi connectivity index (χ3n) is 1.04. The van der Waals surface area contributed by atoms with E-state index < -0.39 is 0 Å². The van der Waals surface area contributed by atoms with Crippen LogP contribution in [0.3, 0.4) is 0 Å². The van der Waals surface area contributed by atoms with Gasteiger partial charge in [0.15, 0.2) is 0 Å². The maximum atomic E-state index is 5.49. The zero-order chi connectivity index (χ0) is 8.27. The Balaban J connectivity index is 2.80. The molecule has 0 N–H and O–H groups in total. The van der Waals surface area contributed by atoms with Gasteiger partial charge in [-0.2, -0.15) is 0 Å². The summed E-state index contributed by atoms with van der Waals surface area (Å²) in [5.74, 6) is 0.563. The Labute approximate surface area is 91.5 Å². The summed E-state index contributed by atoms with van der Waals surface area (Å²) in [6.45, 7) is 0. The molecule has 11 heavy (non-hydrogen) atoms. The Morgan fingerprint density at radius 1 is 1.55 bits per heavy atom. The zero-order valence-corrected chi connectivity index (χ0v) is 10.2. The summed E-state index contributed by atoms with van der Waals surface area (Å²) < 4.78 is 2.21. The summed E-state index contributed by atoms with van der Waals surface area (Å²) in [6, 6.07) is 2.05. The lowest BCUT2D eigenvalue weighted by atomic mass is 10.4. The first-order valence-corrected chi connectivity index (χ1v) is 5.85. The molecule has 1 aromatic heterocycles. The van der Waals surface area contributed by atoms with E-state index in [-0.39, 0.29) is 0 Å². The van der Waals surface area contributed by atoms with Crippen LogP contribution in [0.25, 0.3) is 6.08 Å². The van der Waals surface area contributed by atoms with Gasteiger partial charge in [-0.25, -0.2) is 0 Å². The number of thiophene rings is 1. The monoisotopic (exact) mass is 314 g/mol. The maximum absolute atomic E-state index is 5.49. The van der Waals surface area contributed by atoms with Gasteiger partial charge in [0.2, 0.25) is 0 Å². The minimum Gasteiger partial charge on any atom is -0.128 e. The molecule has 0 aromatic carbocycles. The van der Waals surface area contributed by atoms with E-state index in [9.17, 15) is 0 Å². The molecule has 0 bridgehead atoms. The van der Waals surface area contributed by atoms with Crippen LogP contribution in [0.4, 0.5) is 0 Å². The molecule has 0 radical (unpaired) electrons. The molecule has 0 nitrogen and oxygen atoms in total. The fraction of sp³-hybridized carbons (Fsp3) is 0.143. The van der Waals surface area contributed by atoms with E-state index in [4.69, 9.17) is 11.6 Å². The van der Waals surface area contributed by atoms with Crippen molar-refractivity contribution in [1.82, 2.24) is 0 Å². The average molecular weight is 316 g/mol. The first-order valence-electron chi connectivity index (χ1n) is 2.91. The summed E-state index contributed by atoms with van der Waals surface area (Å²) in [4.78, 5) is 1.20. The lowest BCUT2D eigenvalue weighted by molar-refractivity contribution is 1.77. The fourth-order valence-electron chi connectivity index (χ4n) is 0.606. The maximum Gasteiger partial charge on any atom is 0.0846 e. The highest BCUT2D eigenvalue weighted by molar-refractivity contribution is 9.13. The Hall–Kier alpha value is 0.690. The predicted molar refractivity (Wildman–Crippen MR) is 59.5 cm³/mol. The van der Waals surface area contributed by atoms with E-state index in [1.54, 1.807) is 11.3 Å². The van der Waals surface area contributed by atoms with Crippen molar-refractivity contribution in [2.24, 2.45) is 0 Å². The second-order valence-corrected chi connectivity index (χ2v) is 5.39. The molecular weight excluding hydrogens is 311 g/mol. The smallest absolute Gasteiger partial charge is 0.0846 e. The molecule has 0 unspecified atom stereocenters. The van der Waals surface area contributed by atoms with Gasteiger partial charge in [-0.1, -0.05) is 6.08 Å². The Morgan fingerprint density at radius 3 is 2.73 bits per heavy atom. The van der Waals surface area contributed by atoms with Crippen LogP contribution >= 0.6 is 54.8 Å². The largest absolute Gasteiger partial charge is 0.128 e. The van der Waals surface area contributed by atoms with Gasteiger partial charge in [-0.3, -0.25) is 0 Å². The lowest BCUT2D eigenvalue weighted by Gasteiger charge is -1.78. The Bertz CT molecular complexity index is 248. The number of alkyl halides is 1. The van der Waals surface area contributed by atoms with Crippen LogP contribution in [-0.4, -0.2) is 5.88 Å². The van der Waals surface area contributed by atoms with Gasteiger partial charge in [0.1, 0.15) is 0 Å². The Kier molecular flexibility index (Phi) is 4.13. The normalized spacial score (nSPS) is 11.2. The van der Waals surface area contributed by atoms with Crippen molar-refractivity contribution in [3.8, 4) is 0 Å². The predicted octanol–water partition coefficient (Wildman–Crippen LogP) is 4.53. The van der Waals surface area contributed by atoms with Crippen LogP contribution in [0.2, 0.25) is 0 Å². The molecule has 0 aliphatic carbocycles. The number of rotatable bonds is 2. The molecule has 4 heteroatoms. The first kappa shape index (κ1) is 9.78. The summed E-state index contributed by atoms with van der Waals surface area (Å²) in [5.41, 5.74) is 0. The van der Waals surface area contributed by atoms with E-state index in [1.807, 2.05) is 12.2 Å². The Morgan fingerprint density at radius 2 is 2.27 bits per heavy atom. The van der Waals surface area contributed by atoms with Crippen LogP contribution < -0.4 is 0 Å². The van der Waals surface area contributed by atoms with Crippen molar-refractivity contribution in [3.05, 3.63) is 25.3 Å². The number of halogens is 3. The molecule has 1 aromatic rings. The molecule has 0 amide bonds. The number of allylic oxidation sites excluding steroid dienone is 1. The second-order valence-electron chi connectivity index (χ2n) is 1.83. The number of hydrogen-bond donors (Lipinski definition) is 0. The van der Waals surface area contributed by atoms with Crippen molar-refractivity contribution < 1.29 is 0 Å². The van der Waals surface area contributed by atoms with E-state index in [0.717, 1.165) is 8.26 Å². The minimum atomic E-state index is 0.563. The highest BCUT2D eigenvalue weighted by Gasteiger charge is 1.99. The molecule has 60 valence electrons.